The second-order valence-corrected chi connectivity index (χ2v) is 11.3. The molecule has 1 aliphatic rings. The normalized spacial score (nSPS) is 14.6. The summed E-state index contributed by atoms with van der Waals surface area (Å²) in [5.74, 6) is -0.120. The summed E-state index contributed by atoms with van der Waals surface area (Å²) in [6.07, 6.45) is 2.64. The van der Waals surface area contributed by atoms with E-state index >= 15 is 0 Å². The first-order chi connectivity index (χ1) is 16.4. The van der Waals surface area contributed by atoms with Gasteiger partial charge in [0.05, 0.1) is 10.6 Å². The number of hydrogen-bond acceptors (Lipinski definition) is 5. The van der Waals surface area contributed by atoms with Crippen LogP contribution in [-0.4, -0.2) is 41.7 Å². The minimum Gasteiger partial charge on any atom is -0.358 e. The third kappa shape index (κ3) is 4.51. The molecule has 2 N–H and O–H groups in total. The van der Waals surface area contributed by atoms with E-state index in [1.54, 1.807) is 24.3 Å². The summed E-state index contributed by atoms with van der Waals surface area (Å²) in [7, 11) is -3.42. The minimum atomic E-state index is -3.42. The highest BCUT2D eigenvalue weighted by atomic mass is 32.2. The van der Waals surface area contributed by atoms with Crippen molar-refractivity contribution >= 4 is 43.3 Å². The fraction of sp³-hybridized carbons (Fsp3) is 0.280. The van der Waals surface area contributed by atoms with E-state index in [1.807, 2.05) is 30.5 Å². The van der Waals surface area contributed by atoms with Crippen LogP contribution in [0.5, 0.6) is 0 Å². The standard InChI is InChI=1S/C25H26N4O3S2/c1-17-24(20-6-2-3-7-21(20)26-17)22-16-33-25(27-22)28-23(30)13-10-18-8-11-19(12-9-18)34(31,32)29-14-4-5-15-29/h2-3,6-9,11-12,16,26H,4-5,10,13-15H2,1H3,(H,27,28,30). The largest absolute Gasteiger partial charge is 0.358 e. The number of sulfonamides is 1. The van der Waals surface area contributed by atoms with Gasteiger partial charge in [0.15, 0.2) is 5.13 Å². The lowest BCUT2D eigenvalue weighted by Gasteiger charge is -2.15. The Bertz CT molecular complexity index is 1430. The smallest absolute Gasteiger partial charge is 0.243 e. The Morgan fingerprint density at radius 2 is 1.85 bits per heavy atom. The van der Waals surface area contributed by atoms with Crippen LogP contribution in [0.1, 0.15) is 30.5 Å². The SMILES string of the molecule is Cc1[nH]c2ccccc2c1-c1csc(NC(=O)CCc2ccc(S(=O)(=O)N3CCCC3)cc2)n1. The first-order valence-corrected chi connectivity index (χ1v) is 13.7. The van der Waals surface area contributed by atoms with Gasteiger partial charge in [0.1, 0.15) is 0 Å². The zero-order chi connectivity index (χ0) is 23.7. The van der Waals surface area contributed by atoms with Crippen molar-refractivity contribution in [1.82, 2.24) is 14.3 Å². The lowest BCUT2D eigenvalue weighted by atomic mass is 10.1. The van der Waals surface area contributed by atoms with Gasteiger partial charge in [0.25, 0.3) is 0 Å². The number of nitrogens with zero attached hydrogens (tertiary/aromatic N) is 2. The van der Waals surface area contributed by atoms with E-state index in [9.17, 15) is 13.2 Å². The monoisotopic (exact) mass is 494 g/mol. The molecule has 7 nitrogen and oxygen atoms in total. The van der Waals surface area contributed by atoms with Crippen molar-refractivity contribution in [1.29, 1.82) is 0 Å². The molecule has 1 amide bonds. The first-order valence-electron chi connectivity index (χ1n) is 11.3. The molecule has 3 heterocycles. The van der Waals surface area contributed by atoms with E-state index in [2.05, 4.69) is 21.4 Å². The zero-order valence-electron chi connectivity index (χ0n) is 18.9. The summed E-state index contributed by atoms with van der Waals surface area (Å²) in [4.78, 5) is 20.8. The van der Waals surface area contributed by atoms with Crippen molar-refractivity contribution in [2.75, 3.05) is 18.4 Å². The van der Waals surface area contributed by atoms with Crippen LogP contribution in [0.25, 0.3) is 22.2 Å². The van der Waals surface area contributed by atoms with Gasteiger partial charge in [-0.2, -0.15) is 4.31 Å². The number of rotatable bonds is 7. The van der Waals surface area contributed by atoms with Crippen molar-refractivity contribution in [3.05, 3.63) is 65.2 Å². The molecule has 34 heavy (non-hydrogen) atoms. The van der Waals surface area contributed by atoms with Crippen LogP contribution in [0, 0.1) is 6.92 Å². The molecule has 2 aromatic heterocycles. The molecule has 0 atom stereocenters. The number of para-hydroxylation sites is 1. The predicted octanol–water partition coefficient (Wildman–Crippen LogP) is 4.96. The van der Waals surface area contributed by atoms with Crippen LogP contribution in [0.15, 0.2) is 58.8 Å². The molecule has 0 aliphatic carbocycles. The summed E-state index contributed by atoms with van der Waals surface area (Å²) in [6, 6.07) is 14.9. The van der Waals surface area contributed by atoms with E-state index in [0.717, 1.165) is 46.3 Å². The molecule has 4 aromatic rings. The topological polar surface area (TPSA) is 95.2 Å². The van der Waals surface area contributed by atoms with Crippen molar-refractivity contribution < 1.29 is 13.2 Å². The number of aryl methyl sites for hydroxylation is 2. The highest BCUT2D eigenvalue weighted by Gasteiger charge is 2.26. The summed E-state index contributed by atoms with van der Waals surface area (Å²) in [5, 5.41) is 6.52. The van der Waals surface area contributed by atoms with Gasteiger partial charge in [-0.05, 0) is 49.9 Å². The molecule has 0 spiro atoms. The number of H-pyrrole nitrogens is 1. The van der Waals surface area contributed by atoms with Gasteiger partial charge < -0.3 is 10.3 Å². The molecule has 9 heteroatoms. The number of aromatic amines is 1. The zero-order valence-corrected chi connectivity index (χ0v) is 20.5. The maximum absolute atomic E-state index is 12.6. The first kappa shape index (κ1) is 22.8. The van der Waals surface area contributed by atoms with Crippen LogP contribution in [-0.2, 0) is 21.2 Å². The molecule has 176 valence electrons. The number of amides is 1. The van der Waals surface area contributed by atoms with E-state index in [0.29, 0.717) is 36.0 Å². The van der Waals surface area contributed by atoms with Crippen LogP contribution in [0.4, 0.5) is 5.13 Å². The molecule has 0 radical (unpaired) electrons. The Balaban J connectivity index is 1.20. The Kier molecular flexibility index (Phi) is 6.24. The summed E-state index contributed by atoms with van der Waals surface area (Å²) in [6.45, 7) is 3.19. The average molecular weight is 495 g/mol. The Labute approximate surface area is 202 Å². The van der Waals surface area contributed by atoms with Crippen molar-refractivity contribution in [2.45, 2.75) is 37.5 Å². The quantitative estimate of drug-likeness (QED) is 0.380. The number of nitrogens with one attached hydrogen (secondary N) is 2. The number of carbonyl (C=O) groups excluding carboxylic acids is 1. The fourth-order valence-corrected chi connectivity index (χ4v) is 6.63. The van der Waals surface area contributed by atoms with Gasteiger partial charge in [-0.3, -0.25) is 4.79 Å². The molecule has 1 saturated heterocycles. The van der Waals surface area contributed by atoms with Gasteiger partial charge in [-0.15, -0.1) is 11.3 Å². The van der Waals surface area contributed by atoms with Crippen LogP contribution < -0.4 is 5.32 Å². The maximum atomic E-state index is 12.6. The van der Waals surface area contributed by atoms with Gasteiger partial charge >= 0.3 is 0 Å². The number of benzene rings is 2. The summed E-state index contributed by atoms with van der Waals surface area (Å²) < 4.78 is 26.8. The van der Waals surface area contributed by atoms with Gasteiger partial charge in [-0.1, -0.05) is 30.3 Å². The van der Waals surface area contributed by atoms with Crippen molar-refractivity contribution in [3.63, 3.8) is 0 Å². The van der Waals surface area contributed by atoms with E-state index in [1.165, 1.54) is 15.6 Å². The molecule has 1 aliphatic heterocycles. The van der Waals surface area contributed by atoms with Crippen LogP contribution >= 0.6 is 11.3 Å². The maximum Gasteiger partial charge on any atom is 0.243 e. The van der Waals surface area contributed by atoms with E-state index in [-0.39, 0.29) is 5.91 Å². The number of aromatic nitrogens is 2. The number of thiazole rings is 1. The molecule has 5 rings (SSSR count). The molecule has 0 bridgehead atoms. The third-order valence-electron chi connectivity index (χ3n) is 6.17. The number of anilines is 1. The molecule has 1 fully saturated rings. The van der Waals surface area contributed by atoms with Crippen molar-refractivity contribution in [3.8, 4) is 11.3 Å². The second-order valence-electron chi connectivity index (χ2n) is 8.51. The average Bonchev–Trinajstić information content (AvgIpc) is 3.58. The van der Waals surface area contributed by atoms with E-state index < -0.39 is 10.0 Å². The predicted molar refractivity (Wildman–Crippen MR) is 136 cm³/mol. The molecule has 2 aromatic carbocycles. The second kappa shape index (κ2) is 9.32. The lowest BCUT2D eigenvalue weighted by molar-refractivity contribution is -0.116. The van der Waals surface area contributed by atoms with Crippen LogP contribution in [0.2, 0.25) is 0 Å². The van der Waals surface area contributed by atoms with Gasteiger partial charge in [0, 0.05) is 47.1 Å². The number of carbonyl (C=O) groups is 1. The van der Waals surface area contributed by atoms with E-state index in [4.69, 9.17) is 0 Å². The third-order valence-corrected chi connectivity index (χ3v) is 8.84. The number of fused-ring (bicyclic) bond motifs is 1. The summed E-state index contributed by atoms with van der Waals surface area (Å²) in [5.41, 5.74) is 4.92. The Hall–Kier alpha value is -3.01. The minimum absolute atomic E-state index is 0.120. The Morgan fingerprint density at radius 1 is 1.12 bits per heavy atom. The van der Waals surface area contributed by atoms with Crippen LogP contribution in [0.3, 0.4) is 0 Å². The van der Waals surface area contributed by atoms with Gasteiger partial charge in [-0.25, -0.2) is 13.4 Å². The number of hydrogen-bond donors (Lipinski definition) is 2. The lowest BCUT2D eigenvalue weighted by Crippen LogP contribution is -2.27. The molecular formula is C25H26N4O3S2. The van der Waals surface area contributed by atoms with Gasteiger partial charge in [0.2, 0.25) is 15.9 Å². The fourth-order valence-electron chi connectivity index (χ4n) is 4.40. The highest BCUT2D eigenvalue weighted by Crippen LogP contribution is 2.34. The Morgan fingerprint density at radius 3 is 2.62 bits per heavy atom. The van der Waals surface area contributed by atoms with Crippen molar-refractivity contribution in [2.24, 2.45) is 0 Å². The molecular weight excluding hydrogens is 468 g/mol. The summed E-state index contributed by atoms with van der Waals surface area (Å²) >= 11 is 1.40. The molecule has 0 unspecified atom stereocenters. The molecule has 0 saturated carbocycles. The highest BCUT2D eigenvalue weighted by molar-refractivity contribution is 7.89.